The molecule has 0 saturated heterocycles. The Balaban J connectivity index is 2.19. The van der Waals surface area contributed by atoms with Crippen LogP contribution < -0.4 is 10.6 Å². The molecule has 17 heavy (non-hydrogen) atoms. The van der Waals surface area contributed by atoms with E-state index < -0.39 is 0 Å². The van der Waals surface area contributed by atoms with Gasteiger partial charge in [-0.1, -0.05) is 18.2 Å². The maximum atomic E-state index is 11.6. The molecule has 0 aliphatic rings. The largest absolute Gasteiger partial charge is 0.354 e. The molecule has 1 aromatic carbocycles. The SMILES string of the molecule is O=C(CCCl)NCCNC(=O)c1ccccc1. The topological polar surface area (TPSA) is 58.2 Å². The first-order chi connectivity index (χ1) is 8.24. The standard InChI is InChI=1S/C12H15ClN2O2/c13-7-6-11(16)14-8-9-15-12(17)10-4-2-1-3-5-10/h1-5H,6-9H2,(H,14,16)(H,15,17). The Morgan fingerprint density at radius 2 is 1.71 bits per heavy atom. The van der Waals surface area contributed by atoms with Gasteiger partial charge >= 0.3 is 0 Å². The van der Waals surface area contributed by atoms with E-state index in [9.17, 15) is 9.59 Å². The van der Waals surface area contributed by atoms with Crippen LogP contribution in [0.4, 0.5) is 0 Å². The van der Waals surface area contributed by atoms with Crippen molar-refractivity contribution in [1.82, 2.24) is 10.6 Å². The molecule has 0 saturated carbocycles. The Hall–Kier alpha value is -1.55. The minimum Gasteiger partial charge on any atom is -0.354 e. The van der Waals surface area contributed by atoms with E-state index in [4.69, 9.17) is 11.6 Å². The van der Waals surface area contributed by atoms with Gasteiger partial charge in [-0.2, -0.15) is 0 Å². The summed E-state index contributed by atoms with van der Waals surface area (Å²) in [5, 5.41) is 5.36. The van der Waals surface area contributed by atoms with Gasteiger partial charge in [-0.15, -0.1) is 11.6 Å². The minimum absolute atomic E-state index is 0.103. The number of amides is 2. The van der Waals surface area contributed by atoms with Crippen molar-refractivity contribution in [3.05, 3.63) is 35.9 Å². The van der Waals surface area contributed by atoms with E-state index in [0.717, 1.165) is 0 Å². The van der Waals surface area contributed by atoms with Gasteiger partial charge in [0.2, 0.25) is 5.91 Å². The number of carbonyl (C=O) groups excluding carboxylic acids is 2. The summed E-state index contributed by atoms with van der Waals surface area (Å²) in [6.45, 7) is 0.816. The summed E-state index contributed by atoms with van der Waals surface area (Å²) in [5.41, 5.74) is 0.611. The lowest BCUT2D eigenvalue weighted by Crippen LogP contribution is -2.34. The van der Waals surface area contributed by atoms with Gasteiger partial charge in [0.1, 0.15) is 0 Å². The summed E-state index contributed by atoms with van der Waals surface area (Å²) in [6.07, 6.45) is 0.300. The molecule has 0 spiro atoms. The highest BCUT2D eigenvalue weighted by Gasteiger charge is 2.03. The van der Waals surface area contributed by atoms with Gasteiger partial charge in [-0.3, -0.25) is 9.59 Å². The summed E-state index contributed by atoms with van der Waals surface area (Å²) >= 11 is 5.41. The quantitative estimate of drug-likeness (QED) is 0.591. The highest BCUT2D eigenvalue weighted by atomic mass is 35.5. The van der Waals surface area contributed by atoms with Gasteiger partial charge in [-0.05, 0) is 12.1 Å². The molecule has 2 amide bonds. The van der Waals surface area contributed by atoms with Crippen molar-refractivity contribution in [2.24, 2.45) is 0 Å². The zero-order valence-corrected chi connectivity index (χ0v) is 10.2. The average molecular weight is 255 g/mol. The van der Waals surface area contributed by atoms with Crippen LogP contribution >= 0.6 is 11.6 Å². The molecular weight excluding hydrogens is 240 g/mol. The molecule has 4 nitrogen and oxygen atoms in total. The van der Waals surface area contributed by atoms with Gasteiger partial charge in [-0.25, -0.2) is 0 Å². The molecule has 1 aromatic rings. The second-order valence-electron chi connectivity index (χ2n) is 3.41. The van der Waals surface area contributed by atoms with Gasteiger partial charge < -0.3 is 10.6 Å². The molecule has 0 unspecified atom stereocenters. The van der Waals surface area contributed by atoms with Crippen LogP contribution in [0.3, 0.4) is 0 Å². The van der Waals surface area contributed by atoms with Crippen molar-refractivity contribution in [3.8, 4) is 0 Å². The third-order valence-electron chi connectivity index (χ3n) is 2.09. The smallest absolute Gasteiger partial charge is 0.251 e. The van der Waals surface area contributed by atoms with Crippen molar-refractivity contribution in [1.29, 1.82) is 0 Å². The first-order valence-electron chi connectivity index (χ1n) is 5.40. The molecule has 5 heteroatoms. The molecular formula is C12H15ClN2O2. The minimum atomic E-state index is -0.141. The Morgan fingerprint density at radius 1 is 1.06 bits per heavy atom. The molecule has 92 valence electrons. The summed E-state index contributed by atoms with van der Waals surface area (Å²) in [6, 6.07) is 8.93. The van der Waals surface area contributed by atoms with Crippen molar-refractivity contribution in [3.63, 3.8) is 0 Å². The molecule has 0 aliphatic heterocycles. The van der Waals surface area contributed by atoms with Crippen LogP contribution in [0, 0.1) is 0 Å². The second-order valence-corrected chi connectivity index (χ2v) is 3.79. The number of hydrogen-bond donors (Lipinski definition) is 2. The van der Waals surface area contributed by atoms with E-state index in [-0.39, 0.29) is 11.8 Å². The zero-order valence-electron chi connectivity index (χ0n) is 9.41. The molecule has 0 aromatic heterocycles. The molecule has 0 radical (unpaired) electrons. The Bertz CT molecular complexity index is 368. The Labute approximate surface area is 105 Å². The highest BCUT2D eigenvalue weighted by Crippen LogP contribution is 1.96. The first-order valence-corrected chi connectivity index (χ1v) is 5.93. The fourth-order valence-electron chi connectivity index (χ4n) is 1.24. The van der Waals surface area contributed by atoms with Gasteiger partial charge in [0, 0.05) is 31.0 Å². The number of carbonyl (C=O) groups is 2. The maximum Gasteiger partial charge on any atom is 0.251 e. The zero-order chi connectivity index (χ0) is 12.5. The van der Waals surface area contributed by atoms with Crippen LogP contribution in [0.1, 0.15) is 16.8 Å². The fourth-order valence-corrected chi connectivity index (χ4v) is 1.42. The summed E-state index contributed by atoms with van der Waals surface area (Å²) in [5.74, 6) is 0.0634. The predicted molar refractivity (Wildman–Crippen MR) is 67.1 cm³/mol. The number of rotatable bonds is 6. The summed E-state index contributed by atoms with van der Waals surface area (Å²) in [4.78, 5) is 22.6. The Morgan fingerprint density at radius 3 is 2.35 bits per heavy atom. The number of nitrogens with one attached hydrogen (secondary N) is 2. The number of hydrogen-bond acceptors (Lipinski definition) is 2. The average Bonchev–Trinajstić information content (AvgIpc) is 2.36. The van der Waals surface area contributed by atoms with E-state index in [1.807, 2.05) is 6.07 Å². The monoisotopic (exact) mass is 254 g/mol. The lowest BCUT2D eigenvalue weighted by molar-refractivity contribution is -0.120. The van der Waals surface area contributed by atoms with Gasteiger partial charge in [0.05, 0.1) is 0 Å². The van der Waals surface area contributed by atoms with E-state index in [2.05, 4.69) is 10.6 Å². The van der Waals surface area contributed by atoms with Crippen molar-refractivity contribution in [2.75, 3.05) is 19.0 Å². The van der Waals surface area contributed by atoms with Crippen LogP contribution in [0.15, 0.2) is 30.3 Å². The fraction of sp³-hybridized carbons (Fsp3) is 0.333. The Kier molecular flexibility index (Phi) is 6.10. The summed E-state index contributed by atoms with van der Waals surface area (Å²) in [7, 11) is 0. The number of benzene rings is 1. The van der Waals surface area contributed by atoms with E-state index >= 15 is 0 Å². The number of halogens is 1. The molecule has 0 heterocycles. The lowest BCUT2D eigenvalue weighted by Gasteiger charge is -2.06. The molecule has 0 atom stereocenters. The van der Waals surface area contributed by atoms with Crippen molar-refractivity contribution in [2.45, 2.75) is 6.42 Å². The van der Waals surface area contributed by atoms with E-state index in [1.54, 1.807) is 24.3 Å². The molecule has 0 fully saturated rings. The van der Waals surface area contributed by atoms with Crippen molar-refractivity contribution >= 4 is 23.4 Å². The molecule has 0 aliphatic carbocycles. The molecule has 2 N–H and O–H groups in total. The second kappa shape index (κ2) is 7.68. The molecule has 1 rings (SSSR count). The van der Waals surface area contributed by atoms with E-state index in [1.165, 1.54) is 0 Å². The molecule has 0 bridgehead atoms. The van der Waals surface area contributed by atoms with E-state index in [0.29, 0.717) is 31.0 Å². The predicted octanol–water partition coefficient (Wildman–Crippen LogP) is 1.16. The normalized spacial score (nSPS) is 9.71. The van der Waals surface area contributed by atoms with Crippen LogP contribution in [-0.4, -0.2) is 30.8 Å². The van der Waals surface area contributed by atoms with Crippen molar-refractivity contribution < 1.29 is 9.59 Å². The third-order valence-corrected chi connectivity index (χ3v) is 2.28. The van der Waals surface area contributed by atoms with Gasteiger partial charge in [0.25, 0.3) is 5.91 Å². The van der Waals surface area contributed by atoms with Crippen LogP contribution in [0.25, 0.3) is 0 Å². The summed E-state index contributed by atoms with van der Waals surface area (Å²) < 4.78 is 0. The number of alkyl halides is 1. The maximum absolute atomic E-state index is 11.6. The van der Waals surface area contributed by atoms with Crippen LogP contribution in [0.2, 0.25) is 0 Å². The van der Waals surface area contributed by atoms with Crippen LogP contribution in [0.5, 0.6) is 0 Å². The van der Waals surface area contributed by atoms with Crippen LogP contribution in [-0.2, 0) is 4.79 Å². The third kappa shape index (κ3) is 5.36. The first kappa shape index (κ1) is 13.5. The lowest BCUT2D eigenvalue weighted by atomic mass is 10.2. The van der Waals surface area contributed by atoms with Gasteiger partial charge in [0.15, 0.2) is 0 Å². The highest BCUT2D eigenvalue weighted by molar-refractivity contribution is 6.18.